The number of amides is 1. The maximum absolute atomic E-state index is 12.5. The molecule has 3 rings (SSSR count). The fraction of sp³-hybridized carbons (Fsp3) is 0.294. The van der Waals surface area contributed by atoms with Crippen molar-refractivity contribution >= 4 is 11.7 Å². The van der Waals surface area contributed by atoms with Crippen molar-refractivity contribution in [1.29, 1.82) is 0 Å². The lowest BCUT2D eigenvalue weighted by molar-refractivity contribution is 0.0936. The van der Waals surface area contributed by atoms with Gasteiger partial charge in [0.1, 0.15) is 11.6 Å². The van der Waals surface area contributed by atoms with Crippen molar-refractivity contribution in [2.24, 2.45) is 0 Å². The van der Waals surface area contributed by atoms with Gasteiger partial charge in [0.05, 0.1) is 6.04 Å². The van der Waals surface area contributed by atoms with Gasteiger partial charge < -0.3 is 15.3 Å². The molecule has 0 saturated carbocycles. The van der Waals surface area contributed by atoms with E-state index in [0.717, 1.165) is 29.8 Å². The van der Waals surface area contributed by atoms with Gasteiger partial charge in [0.25, 0.3) is 5.91 Å². The number of aromatic nitrogens is 1. The molecule has 1 amide bonds. The highest BCUT2D eigenvalue weighted by atomic mass is 16.3. The summed E-state index contributed by atoms with van der Waals surface area (Å²) in [6, 6.07) is 8.90. The van der Waals surface area contributed by atoms with Gasteiger partial charge in [-0.05, 0) is 42.2 Å². The van der Waals surface area contributed by atoms with Crippen LogP contribution in [0.15, 0.2) is 36.5 Å². The highest BCUT2D eigenvalue weighted by Gasteiger charge is 2.26. The van der Waals surface area contributed by atoms with Crippen LogP contribution in [0.25, 0.3) is 0 Å². The second-order valence-electron chi connectivity index (χ2n) is 5.71. The van der Waals surface area contributed by atoms with Crippen molar-refractivity contribution in [3.8, 4) is 5.75 Å². The molecule has 0 aliphatic heterocycles. The second kappa shape index (κ2) is 5.67. The molecule has 1 aromatic heterocycles. The number of fused-ring (bicyclic) bond motifs is 1. The molecule has 114 valence electrons. The highest BCUT2D eigenvalue weighted by Crippen LogP contribution is 2.36. The van der Waals surface area contributed by atoms with Crippen molar-refractivity contribution in [3.63, 3.8) is 0 Å². The van der Waals surface area contributed by atoms with Crippen LogP contribution in [0.1, 0.15) is 33.9 Å². The third kappa shape index (κ3) is 2.62. The van der Waals surface area contributed by atoms with Crippen molar-refractivity contribution < 1.29 is 9.90 Å². The van der Waals surface area contributed by atoms with Crippen LogP contribution in [0.2, 0.25) is 0 Å². The number of hydrogen-bond acceptors (Lipinski definition) is 4. The summed E-state index contributed by atoms with van der Waals surface area (Å²) in [7, 11) is 3.78. The Kier molecular flexibility index (Phi) is 3.71. The summed E-state index contributed by atoms with van der Waals surface area (Å²) in [6.45, 7) is 0. The van der Waals surface area contributed by atoms with E-state index < -0.39 is 0 Å². The number of benzene rings is 1. The normalized spacial score (nSPS) is 16.2. The molecular formula is C17H19N3O2. The quantitative estimate of drug-likeness (QED) is 0.912. The molecule has 0 radical (unpaired) electrons. The number of carbonyl (C=O) groups is 1. The minimum atomic E-state index is -0.119. The van der Waals surface area contributed by atoms with E-state index in [1.165, 1.54) is 0 Å². The lowest BCUT2D eigenvalue weighted by Gasteiger charge is -2.16. The molecule has 1 aromatic carbocycles. The molecule has 5 nitrogen and oxygen atoms in total. The summed E-state index contributed by atoms with van der Waals surface area (Å²) >= 11 is 0. The van der Waals surface area contributed by atoms with Crippen molar-refractivity contribution in [2.75, 3.05) is 19.0 Å². The summed E-state index contributed by atoms with van der Waals surface area (Å²) in [4.78, 5) is 18.5. The predicted molar refractivity (Wildman–Crippen MR) is 85.2 cm³/mol. The molecule has 1 unspecified atom stereocenters. The molecule has 1 heterocycles. The Bertz CT molecular complexity index is 713. The largest absolute Gasteiger partial charge is 0.508 e. The molecular weight excluding hydrogens is 278 g/mol. The molecule has 2 aromatic rings. The van der Waals surface area contributed by atoms with Crippen LogP contribution < -0.4 is 10.2 Å². The number of anilines is 1. The van der Waals surface area contributed by atoms with Gasteiger partial charge in [0.2, 0.25) is 0 Å². The Morgan fingerprint density at radius 2 is 2.18 bits per heavy atom. The molecule has 22 heavy (non-hydrogen) atoms. The third-order valence-electron chi connectivity index (χ3n) is 4.02. The lowest BCUT2D eigenvalue weighted by atomic mass is 10.1. The lowest BCUT2D eigenvalue weighted by Crippen LogP contribution is -2.27. The van der Waals surface area contributed by atoms with Gasteiger partial charge >= 0.3 is 0 Å². The van der Waals surface area contributed by atoms with Gasteiger partial charge in [-0.1, -0.05) is 12.1 Å². The minimum absolute atomic E-state index is 0.0504. The predicted octanol–water partition coefficient (Wildman–Crippen LogP) is 2.27. The van der Waals surface area contributed by atoms with Crippen LogP contribution >= 0.6 is 0 Å². The molecule has 0 spiro atoms. The van der Waals surface area contributed by atoms with Gasteiger partial charge in [-0.15, -0.1) is 0 Å². The fourth-order valence-electron chi connectivity index (χ4n) is 2.83. The standard InChI is InChI=1S/C17H19N3O2/c1-20(2)16-10-11(8-9-18-16)17(22)19-14-7-6-13-12(14)4-3-5-15(13)21/h3-5,8-10,14,21H,6-7H2,1-2H3,(H,19,22). The third-order valence-corrected chi connectivity index (χ3v) is 4.02. The Labute approximate surface area is 129 Å². The SMILES string of the molecule is CN(C)c1cc(C(=O)NC2CCc3c(O)cccc32)ccn1. The minimum Gasteiger partial charge on any atom is -0.508 e. The summed E-state index contributed by atoms with van der Waals surface area (Å²) < 4.78 is 0. The number of aromatic hydroxyl groups is 1. The zero-order valence-electron chi connectivity index (χ0n) is 12.7. The number of pyridine rings is 1. The van der Waals surface area contributed by atoms with Crippen LogP contribution in [0.5, 0.6) is 5.75 Å². The first-order valence-corrected chi connectivity index (χ1v) is 7.31. The molecule has 2 N–H and O–H groups in total. The number of phenolic OH excluding ortho intramolecular Hbond substituents is 1. The van der Waals surface area contributed by atoms with E-state index in [-0.39, 0.29) is 11.9 Å². The molecule has 1 aliphatic rings. The van der Waals surface area contributed by atoms with Gasteiger partial charge in [0, 0.05) is 25.9 Å². The fourth-order valence-corrected chi connectivity index (χ4v) is 2.83. The second-order valence-corrected chi connectivity index (χ2v) is 5.71. The molecule has 0 saturated heterocycles. The maximum Gasteiger partial charge on any atom is 0.251 e. The summed E-state index contributed by atoms with van der Waals surface area (Å²) in [5, 5.41) is 12.9. The van der Waals surface area contributed by atoms with Crippen LogP contribution in [0, 0.1) is 0 Å². The Morgan fingerprint density at radius 1 is 1.36 bits per heavy atom. The molecule has 1 aliphatic carbocycles. The van der Waals surface area contributed by atoms with Crippen LogP contribution in [-0.4, -0.2) is 30.1 Å². The van der Waals surface area contributed by atoms with E-state index in [9.17, 15) is 9.90 Å². The van der Waals surface area contributed by atoms with Gasteiger partial charge in [-0.25, -0.2) is 4.98 Å². The van der Waals surface area contributed by atoms with Crippen LogP contribution in [-0.2, 0) is 6.42 Å². The molecule has 0 fully saturated rings. The summed E-state index contributed by atoms with van der Waals surface area (Å²) in [5.74, 6) is 0.942. The first-order chi connectivity index (χ1) is 10.6. The number of rotatable bonds is 3. The van der Waals surface area contributed by atoms with Crippen molar-refractivity contribution in [3.05, 3.63) is 53.2 Å². The number of hydrogen-bond donors (Lipinski definition) is 2. The van der Waals surface area contributed by atoms with Crippen molar-refractivity contribution in [1.82, 2.24) is 10.3 Å². The number of nitrogens with zero attached hydrogens (tertiary/aromatic N) is 2. The monoisotopic (exact) mass is 297 g/mol. The van der Waals surface area contributed by atoms with Gasteiger partial charge in [-0.2, -0.15) is 0 Å². The first-order valence-electron chi connectivity index (χ1n) is 7.31. The Balaban J connectivity index is 1.79. The van der Waals surface area contributed by atoms with Crippen molar-refractivity contribution in [2.45, 2.75) is 18.9 Å². The van der Waals surface area contributed by atoms with E-state index in [4.69, 9.17) is 0 Å². The van der Waals surface area contributed by atoms with Crippen LogP contribution in [0.3, 0.4) is 0 Å². The van der Waals surface area contributed by atoms with E-state index in [1.54, 1.807) is 24.4 Å². The Hall–Kier alpha value is -2.56. The topological polar surface area (TPSA) is 65.5 Å². The Morgan fingerprint density at radius 3 is 2.95 bits per heavy atom. The summed E-state index contributed by atoms with van der Waals surface area (Å²) in [6.07, 6.45) is 3.23. The van der Waals surface area contributed by atoms with E-state index in [0.29, 0.717) is 11.3 Å². The molecule has 0 bridgehead atoms. The van der Waals surface area contributed by atoms with Crippen LogP contribution in [0.4, 0.5) is 5.82 Å². The van der Waals surface area contributed by atoms with Gasteiger partial charge in [-0.3, -0.25) is 4.79 Å². The van der Waals surface area contributed by atoms with E-state index in [1.807, 2.05) is 31.1 Å². The van der Waals surface area contributed by atoms with Gasteiger partial charge in [0.15, 0.2) is 0 Å². The highest BCUT2D eigenvalue weighted by molar-refractivity contribution is 5.95. The molecule has 5 heteroatoms. The van der Waals surface area contributed by atoms with E-state index in [2.05, 4.69) is 10.3 Å². The zero-order chi connectivity index (χ0) is 15.7. The number of phenols is 1. The average molecular weight is 297 g/mol. The average Bonchev–Trinajstić information content (AvgIpc) is 2.92. The zero-order valence-corrected chi connectivity index (χ0v) is 12.7. The summed E-state index contributed by atoms with van der Waals surface area (Å²) in [5.41, 5.74) is 2.54. The van der Waals surface area contributed by atoms with E-state index >= 15 is 0 Å². The maximum atomic E-state index is 12.5. The molecule has 1 atom stereocenters. The smallest absolute Gasteiger partial charge is 0.251 e. The number of carbonyl (C=O) groups excluding carboxylic acids is 1. The number of nitrogens with one attached hydrogen (secondary N) is 1. The first kappa shape index (κ1) is 14.4.